The van der Waals surface area contributed by atoms with Crippen LogP contribution < -0.4 is 15.5 Å². The number of hydrogen-bond acceptors (Lipinski definition) is 7. The fraction of sp³-hybridized carbons (Fsp3) is 0.450. The van der Waals surface area contributed by atoms with Crippen molar-refractivity contribution in [2.24, 2.45) is 5.92 Å². The first-order valence-corrected chi connectivity index (χ1v) is 18.5. The average Bonchev–Trinajstić information content (AvgIpc) is 3.12. The van der Waals surface area contributed by atoms with Gasteiger partial charge >= 0.3 is 0 Å². The summed E-state index contributed by atoms with van der Waals surface area (Å²) in [7, 11) is 4.01. The summed E-state index contributed by atoms with van der Waals surface area (Å²) in [4.78, 5) is 39.8. The second-order valence-electron chi connectivity index (χ2n) is 13.9. The predicted octanol–water partition coefficient (Wildman–Crippen LogP) is 8.57. The van der Waals surface area contributed by atoms with Crippen molar-refractivity contribution >= 4 is 46.1 Å². The highest BCUT2D eigenvalue weighted by Crippen LogP contribution is 2.34. The van der Waals surface area contributed by atoms with E-state index in [1.807, 2.05) is 61.5 Å². The van der Waals surface area contributed by atoms with Crippen LogP contribution in [0.3, 0.4) is 0 Å². The maximum Gasteiger partial charge on any atom is 0.233 e. The van der Waals surface area contributed by atoms with Crippen molar-refractivity contribution in [3.8, 4) is 0 Å². The summed E-state index contributed by atoms with van der Waals surface area (Å²) in [5.74, 6) is 2.53. The fourth-order valence-corrected chi connectivity index (χ4v) is 8.20. The molecule has 1 amide bonds. The summed E-state index contributed by atoms with van der Waals surface area (Å²) in [6.45, 7) is 2.68. The van der Waals surface area contributed by atoms with Gasteiger partial charge in [-0.2, -0.15) is 4.98 Å². The molecule has 48 heavy (non-hydrogen) atoms. The van der Waals surface area contributed by atoms with Crippen LogP contribution in [0.15, 0.2) is 77.7 Å². The molecule has 1 aromatic heterocycles. The Hall–Kier alpha value is -3.91. The number of aromatic nitrogens is 2. The maximum absolute atomic E-state index is 13.7. The van der Waals surface area contributed by atoms with Crippen LogP contribution in [-0.4, -0.2) is 53.6 Å². The number of Topliss-reactive ketones (excluding diaryl/α,β-unsaturated/α-hetero) is 1. The molecule has 252 valence electrons. The van der Waals surface area contributed by atoms with Crippen molar-refractivity contribution in [1.29, 1.82) is 0 Å². The van der Waals surface area contributed by atoms with Crippen molar-refractivity contribution in [3.05, 3.63) is 89.5 Å². The lowest BCUT2D eigenvalue weighted by Gasteiger charge is -2.30. The minimum absolute atomic E-state index is 0.0184. The summed E-state index contributed by atoms with van der Waals surface area (Å²) in [5, 5.41) is 7.37. The van der Waals surface area contributed by atoms with Gasteiger partial charge in [-0.3, -0.25) is 9.59 Å². The van der Waals surface area contributed by atoms with Gasteiger partial charge in [-0.1, -0.05) is 73.4 Å². The van der Waals surface area contributed by atoms with Crippen LogP contribution in [0.25, 0.3) is 10.9 Å². The summed E-state index contributed by atoms with van der Waals surface area (Å²) in [6.07, 6.45) is 10.5. The van der Waals surface area contributed by atoms with E-state index in [1.165, 1.54) is 55.0 Å². The van der Waals surface area contributed by atoms with E-state index >= 15 is 0 Å². The Kier molecular flexibility index (Phi) is 11.3. The molecule has 4 aromatic rings. The number of anilines is 2. The zero-order valence-electron chi connectivity index (χ0n) is 28.6. The molecular formula is C40H49N5O2S. The van der Waals surface area contributed by atoms with Crippen LogP contribution in [-0.2, 0) is 4.79 Å². The van der Waals surface area contributed by atoms with Crippen molar-refractivity contribution in [2.75, 3.05) is 30.9 Å². The molecule has 3 aromatic carbocycles. The molecule has 7 nitrogen and oxygen atoms in total. The van der Waals surface area contributed by atoms with Gasteiger partial charge in [0.2, 0.25) is 11.9 Å². The number of para-hydroxylation sites is 1. The Bertz CT molecular complexity index is 1680. The summed E-state index contributed by atoms with van der Waals surface area (Å²) in [6, 6.07) is 24.8. The van der Waals surface area contributed by atoms with E-state index in [9.17, 15) is 9.59 Å². The Morgan fingerprint density at radius 2 is 1.56 bits per heavy atom. The van der Waals surface area contributed by atoms with Crippen LogP contribution in [0, 0.1) is 12.8 Å². The second-order valence-corrected chi connectivity index (χ2v) is 15.2. The van der Waals surface area contributed by atoms with Gasteiger partial charge in [-0.25, -0.2) is 4.98 Å². The monoisotopic (exact) mass is 663 g/mol. The number of ketones is 1. The first kappa shape index (κ1) is 34.0. The van der Waals surface area contributed by atoms with Crippen LogP contribution in [0.5, 0.6) is 0 Å². The lowest BCUT2D eigenvalue weighted by molar-refractivity contribution is -0.120. The number of aryl methyl sites for hydroxylation is 1. The molecule has 6 rings (SSSR count). The fourth-order valence-electron chi connectivity index (χ4n) is 7.15. The minimum atomic E-state index is -0.493. The number of nitrogens with zero attached hydrogens (tertiary/aromatic N) is 3. The van der Waals surface area contributed by atoms with E-state index in [4.69, 9.17) is 9.97 Å². The van der Waals surface area contributed by atoms with Gasteiger partial charge in [0.05, 0.1) is 10.8 Å². The Morgan fingerprint density at radius 1 is 0.854 bits per heavy atom. The molecule has 1 heterocycles. The van der Waals surface area contributed by atoms with Crippen LogP contribution in [0.4, 0.5) is 11.8 Å². The van der Waals surface area contributed by atoms with E-state index in [0.717, 1.165) is 47.3 Å². The van der Waals surface area contributed by atoms with Gasteiger partial charge in [0.15, 0.2) is 5.78 Å². The molecule has 0 radical (unpaired) electrons. The van der Waals surface area contributed by atoms with E-state index in [1.54, 1.807) is 0 Å². The van der Waals surface area contributed by atoms with Gasteiger partial charge in [-0.15, -0.1) is 11.8 Å². The number of hydrogen-bond donors (Lipinski definition) is 2. The lowest BCUT2D eigenvalue weighted by atomic mass is 9.84. The molecule has 1 unspecified atom stereocenters. The average molecular weight is 664 g/mol. The largest absolute Gasteiger partial charge is 0.362 e. The highest BCUT2D eigenvalue weighted by atomic mass is 32.2. The van der Waals surface area contributed by atoms with Crippen LogP contribution in [0.1, 0.15) is 91.6 Å². The summed E-state index contributed by atoms with van der Waals surface area (Å²) < 4.78 is 0. The highest BCUT2D eigenvalue weighted by Gasteiger charge is 2.27. The smallest absolute Gasteiger partial charge is 0.233 e. The van der Waals surface area contributed by atoms with Gasteiger partial charge in [0.1, 0.15) is 5.82 Å². The molecular weight excluding hydrogens is 615 g/mol. The molecule has 2 N–H and O–H groups in total. The van der Waals surface area contributed by atoms with E-state index in [-0.39, 0.29) is 18.1 Å². The number of nitrogens with one attached hydrogen (secondary N) is 2. The number of carbonyl (C=O) groups is 2. The number of thioether (sulfide) groups is 1. The second kappa shape index (κ2) is 16.0. The van der Waals surface area contributed by atoms with Gasteiger partial charge in [-0.05, 0) is 87.1 Å². The number of rotatable bonds is 12. The normalized spacial score (nSPS) is 19.1. The standard InChI is InChI=1S/C40H49N5O2S/c1-27-13-23-33(24-14-27)48-37(25-36(46)31-19-17-30(18-20-31)29-9-5-4-6-10-29)39(47)41-26-28-15-21-32(22-16-28)42-40-43-35-12-8-7-11-34(35)38(44-40)45(2)3/h7-8,11-14,17-20,23-24,28-29,32,37H,4-6,9-10,15-16,21-22,25-26H2,1-3H3,(H,41,47)(H,42,43,44). The molecule has 8 heteroatoms. The molecule has 0 bridgehead atoms. The number of carbonyl (C=O) groups excluding carboxylic acids is 2. The minimum Gasteiger partial charge on any atom is -0.362 e. The molecule has 2 aliphatic carbocycles. The van der Waals surface area contributed by atoms with Crippen molar-refractivity contribution < 1.29 is 9.59 Å². The number of amides is 1. The molecule has 2 aliphatic rings. The topological polar surface area (TPSA) is 87.2 Å². The summed E-state index contributed by atoms with van der Waals surface area (Å²) in [5.41, 5.74) is 4.13. The molecule has 0 aliphatic heterocycles. The van der Waals surface area contributed by atoms with Crippen LogP contribution >= 0.6 is 11.8 Å². The third kappa shape index (κ3) is 8.76. The highest BCUT2D eigenvalue weighted by molar-refractivity contribution is 8.00. The Balaban J connectivity index is 1.04. The van der Waals surface area contributed by atoms with E-state index < -0.39 is 5.25 Å². The van der Waals surface area contributed by atoms with Crippen LogP contribution in [0.2, 0.25) is 0 Å². The first-order valence-electron chi connectivity index (χ1n) is 17.7. The molecule has 0 spiro atoms. The molecule has 2 saturated carbocycles. The third-order valence-corrected chi connectivity index (χ3v) is 11.2. The zero-order valence-corrected chi connectivity index (χ0v) is 29.4. The molecule has 2 fully saturated rings. The zero-order chi connectivity index (χ0) is 33.5. The quantitative estimate of drug-likeness (QED) is 0.116. The molecule has 0 saturated heterocycles. The Morgan fingerprint density at radius 3 is 2.27 bits per heavy atom. The SMILES string of the molecule is Cc1ccc(SC(CC(=O)c2ccc(C3CCCCC3)cc2)C(=O)NCC2CCC(Nc3nc(N(C)C)c4ccccc4n3)CC2)cc1. The summed E-state index contributed by atoms with van der Waals surface area (Å²) >= 11 is 1.49. The van der Waals surface area contributed by atoms with Gasteiger partial charge in [0, 0.05) is 48.9 Å². The lowest BCUT2D eigenvalue weighted by Crippen LogP contribution is -2.39. The Labute approximate surface area is 289 Å². The first-order chi connectivity index (χ1) is 23.3. The number of fused-ring (bicyclic) bond motifs is 1. The van der Waals surface area contributed by atoms with Crippen molar-refractivity contribution in [1.82, 2.24) is 15.3 Å². The van der Waals surface area contributed by atoms with Crippen molar-refractivity contribution in [3.63, 3.8) is 0 Å². The maximum atomic E-state index is 13.7. The number of benzene rings is 3. The van der Waals surface area contributed by atoms with Gasteiger partial charge in [0.25, 0.3) is 0 Å². The third-order valence-electron chi connectivity index (χ3n) is 10.0. The van der Waals surface area contributed by atoms with E-state index in [2.05, 4.69) is 47.9 Å². The van der Waals surface area contributed by atoms with E-state index in [0.29, 0.717) is 35.9 Å². The molecule has 1 atom stereocenters. The predicted molar refractivity (Wildman–Crippen MR) is 198 cm³/mol. The van der Waals surface area contributed by atoms with Gasteiger partial charge < -0.3 is 15.5 Å². The van der Waals surface area contributed by atoms with Crippen molar-refractivity contribution in [2.45, 2.75) is 93.2 Å².